The van der Waals surface area contributed by atoms with E-state index in [-0.39, 0.29) is 6.42 Å². The number of imidazole rings is 1. The van der Waals surface area contributed by atoms with Gasteiger partial charge in [-0.25, -0.2) is 9.37 Å². The molecule has 1 heterocycles. The van der Waals surface area contributed by atoms with Gasteiger partial charge in [0.2, 0.25) is 0 Å². The van der Waals surface area contributed by atoms with Crippen molar-refractivity contribution in [1.29, 1.82) is 0 Å². The van der Waals surface area contributed by atoms with Crippen LogP contribution < -0.4 is 5.73 Å². The number of aliphatic carboxylic acids is 1. The number of aromatic nitrogens is 2. The first kappa shape index (κ1) is 13.6. The number of unbranched alkanes of at least 4 members (excludes halogenated alkanes) is 1. The third kappa shape index (κ3) is 3.52. The number of hydrogen-bond acceptors (Lipinski definition) is 3. The lowest BCUT2D eigenvalue weighted by Gasteiger charge is -2.19. The van der Waals surface area contributed by atoms with Crippen molar-refractivity contribution in [2.24, 2.45) is 5.73 Å². The van der Waals surface area contributed by atoms with Crippen LogP contribution in [-0.2, 0) is 17.6 Å². The van der Waals surface area contributed by atoms with Crippen LogP contribution in [0.15, 0.2) is 6.20 Å². The molecule has 0 radical (unpaired) electrons. The van der Waals surface area contributed by atoms with Crippen molar-refractivity contribution in [2.75, 3.05) is 6.67 Å². The summed E-state index contributed by atoms with van der Waals surface area (Å²) < 4.78 is 12.6. The quantitative estimate of drug-likeness (QED) is 0.667. The molecule has 17 heavy (non-hydrogen) atoms. The maximum Gasteiger partial charge on any atom is 0.326 e. The molecule has 6 heteroatoms. The highest BCUT2D eigenvalue weighted by Crippen LogP contribution is 2.11. The smallest absolute Gasteiger partial charge is 0.326 e. The molecule has 4 N–H and O–H groups in total. The molecule has 96 valence electrons. The number of nitrogens with two attached hydrogens (primary N) is 1. The monoisotopic (exact) mass is 243 g/mol. The fraction of sp³-hybridized carbons (Fsp3) is 0.636. The minimum Gasteiger partial charge on any atom is -0.480 e. The summed E-state index contributed by atoms with van der Waals surface area (Å²) in [6.45, 7) is 0.961. The van der Waals surface area contributed by atoms with Crippen molar-refractivity contribution in [3.8, 4) is 0 Å². The Labute approximate surface area is 99.2 Å². The Morgan fingerprint density at radius 1 is 1.71 bits per heavy atom. The molecule has 0 amide bonds. The number of alkyl halides is 1. The molecule has 1 atom stereocenters. The Morgan fingerprint density at radius 3 is 2.94 bits per heavy atom. The molecular formula is C11H18FN3O2. The van der Waals surface area contributed by atoms with Crippen LogP contribution in [-0.4, -0.2) is 33.3 Å². The zero-order chi connectivity index (χ0) is 12.9. The predicted molar refractivity (Wildman–Crippen MR) is 61.4 cm³/mol. The van der Waals surface area contributed by atoms with Gasteiger partial charge in [-0.15, -0.1) is 0 Å². The summed E-state index contributed by atoms with van der Waals surface area (Å²) in [5.41, 5.74) is 4.48. The number of H-pyrrole nitrogens is 1. The number of hydrogen-bond donors (Lipinski definition) is 3. The van der Waals surface area contributed by atoms with E-state index in [0.717, 1.165) is 25.0 Å². The molecule has 0 bridgehead atoms. The fourth-order valence-corrected chi connectivity index (χ4v) is 1.47. The van der Waals surface area contributed by atoms with E-state index < -0.39 is 18.2 Å². The number of rotatable bonds is 7. The first-order valence-corrected chi connectivity index (χ1v) is 5.63. The predicted octanol–water partition coefficient (Wildman–Crippen LogP) is 1.05. The van der Waals surface area contributed by atoms with Gasteiger partial charge in [-0.1, -0.05) is 13.3 Å². The molecule has 1 aromatic heterocycles. The summed E-state index contributed by atoms with van der Waals surface area (Å²) in [6, 6.07) is 0. The molecule has 1 unspecified atom stereocenters. The number of carbonyl (C=O) groups is 1. The first-order valence-electron chi connectivity index (χ1n) is 5.63. The highest BCUT2D eigenvalue weighted by molar-refractivity contribution is 5.79. The summed E-state index contributed by atoms with van der Waals surface area (Å²) in [5.74, 6) is -0.940. The van der Waals surface area contributed by atoms with E-state index in [0.29, 0.717) is 5.82 Å². The average Bonchev–Trinajstić information content (AvgIpc) is 2.73. The lowest BCUT2D eigenvalue weighted by molar-refractivity contribution is -0.144. The minimum absolute atomic E-state index is 0.134. The van der Waals surface area contributed by atoms with Crippen molar-refractivity contribution >= 4 is 5.97 Å². The highest BCUT2D eigenvalue weighted by Gasteiger charge is 2.35. The zero-order valence-corrected chi connectivity index (χ0v) is 9.87. The zero-order valence-electron chi connectivity index (χ0n) is 9.87. The van der Waals surface area contributed by atoms with Crippen molar-refractivity contribution in [3.63, 3.8) is 0 Å². The number of aryl methyl sites for hydroxylation is 1. The molecule has 0 aromatic carbocycles. The Balaban J connectivity index is 2.68. The van der Waals surface area contributed by atoms with Gasteiger partial charge in [0.05, 0.1) is 0 Å². The number of carboxylic acids is 1. The number of nitrogens with zero attached hydrogens (tertiary/aromatic N) is 1. The van der Waals surface area contributed by atoms with E-state index in [9.17, 15) is 9.18 Å². The largest absolute Gasteiger partial charge is 0.480 e. The van der Waals surface area contributed by atoms with Gasteiger partial charge < -0.3 is 15.8 Å². The lowest BCUT2D eigenvalue weighted by atomic mass is 9.98. The molecule has 0 aliphatic rings. The molecule has 1 aromatic rings. The second-order valence-corrected chi connectivity index (χ2v) is 4.23. The summed E-state index contributed by atoms with van der Waals surface area (Å²) >= 11 is 0. The van der Waals surface area contributed by atoms with Crippen LogP contribution in [0.1, 0.15) is 31.3 Å². The number of nitrogens with one attached hydrogen (secondary N) is 1. The summed E-state index contributed by atoms with van der Waals surface area (Å²) in [4.78, 5) is 17.8. The molecule has 0 spiro atoms. The van der Waals surface area contributed by atoms with Gasteiger partial charge in [-0.05, 0) is 12.8 Å². The van der Waals surface area contributed by atoms with Crippen LogP contribution in [0, 0.1) is 0 Å². The number of carboxylic acid groups (broad SMARTS) is 1. The molecule has 0 aliphatic carbocycles. The van der Waals surface area contributed by atoms with Crippen LogP contribution in [0.2, 0.25) is 0 Å². The molecule has 1 rings (SSSR count). The summed E-state index contributed by atoms with van der Waals surface area (Å²) in [5, 5.41) is 8.84. The maximum atomic E-state index is 12.6. The molecule has 0 aliphatic heterocycles. The van der Waals surface area contributed by atoms with Gasteiger partial charge in [-0.3, -0.25) is 4.79 Å². The lowest BCUT2D eigenvalue weighted by Crippen LogP contribution is -2.52. The Morgan fingerprint density at radius 2 is 2.41 bits per heavy atom. The molecule has 0 saturated heterocycles. The van der Waals surface area contributed by atoms with Crippen LogP contribution in [0.25, 0.3) is 0 Å². The molecule has 0 saturated carbocycles. The second-order valence-electron chi connectivity index (χ2n) is 4.23. The van der Waals surface area contributed by atoms with E-state index in [1.807, 2.05) is 0 Å². The summed E-state index contributed by atoms with van der Waals surface area (Å²) in [6.07, 6.45) is 4.45. The highest BCUT2D eigenvalue weighted by atomic mass is 19.1. The van der Waals surface area contributed by atoms with E-state index in [1.54, 1.807) is 6.20 Å². The third-order valence-electron chi connectivity index (χ3n) is 2.63. The van der Waals surface area contributed by atoms with Crippen molar-refractivity contribution in [1.82, 2.24) is 9.97 Å². The fourth-order valence-electron chi connectivity index (χ4n) is 1.47. The van der Waals surface area contributed by atoms with Gasteiger partial charge in [0, 0.05) is 18.3 Å². The summed E-state index contributed by atoms with van der Waals surface area (Å²) in [7, 11) is 0. The average molecular weight is 243 g/mol. The van der Waals surface area contributed by atoms with E-state index in [1.165, 1.54) is 0 Å². The van der Waals surface area contributed by atoms with E-state index in [2.05, 4.69) is 16.9 Å². The van der Waals surface area contributed by atoms with Crippen LogP contribution in [0.4, 0.5) is 4.39 Å². The van der Waals surface area contributed by atoms with Crippen molar-refractivity contribution in [2.45, 2.75) is 38.1 Å². The minimum atomic E-state index is -1.89. The number of halogens is 1. The Kier molecular flexibility index (Phi) is 4.62. The Bertz CT molecular complexity index is 381. The molecular weight excluding hydrogens is 225 g/mol. The van der Waals surface area contributed by atoms with Gasteiger partial charge in [0.25, 0.3) is 0 Å². The first-order chi connectivity index (χ1) is 8.01. The van der Waals surface area contributed by atoms with Crippen molar-refractivity contribution < 1.29 is 14.3 Å². The standard InChI is InChI=1S/C11H18FN3O2/c1-2-3-4-8-6-14-9(15-8)5-11(13,7-12)10(16)17/h6H,2-5,7,13H2,1H3,(H,14,15)(H,16,17). The second kappa shape index (κ2) is 5.77. The Hall–Kier alpha value is -1.43. The molecule has 0 fully saturated rings. The van der Waals surface area contributed by atoms with Crippen molar-refractivity contribution in [3.05, 3.63) is 17.7 Å². The number of aromatic amines is 1. The van der Waals surface area contributed by atoms with E-state index >= 15 is 0 Å². The van der Waals surface area contributed by atoms with Gasteiger partial charge in [0.1, 0.15) is 18.0 Å². The van der Waals surface area contributed by atoms with Crippen LogP contribution >= 0.6 is 0 Å². The topological polar surface area (TPSA) is 92.0 Å². The maximum absolute atomic E-state index is 12.6. The van der Waals surface area contributed by atoms with Gasteiger partial charge >= 0.3 is 5.97 Å². The van der Waals surface area contributed by atoms with Crippen LogP contribution in [0.5, 0.6) is 0 Å². The van der Waals surface area contributed by atoms with Gasteiger partial charge in [-0.2, -0.15) is 0 Å². The normalized spacial score (nSPS) is 14.5. The third-order valence-corrected chi connectivity index (χ3v) is 2.63. The molecule has 5 nitrogen and oxygen atoms in total. The van der Waals surface area contributed by atoms with E-state index in [4.69, 9.17) is 10.8 Å². The van der Waals surface area contributed by atoms with Crippen LogP contribution in [0.3, 0.4) is 0 Å². The SMILES string of the molecule is CCCCc1cnc(CC(N)(CF)C(=O)O)[nH]1. The van der Waals surface area contributed by atoms with Gasteiger partial charge in [0.15, 0.2) is 0 Å².